The van der Waals surface area contributed by atoms with Gasteiger partial charge >= 0.3 is 0 Å². The normalized spacial score (nSPS) is 12.2. The second-order valence-electron chi connectivity index (χ2n) is 4.77. The Morgan fingerprint density at radius 1 is 1.19 bits per heavy atom. The van der Waals surface area contributed by atoms with Gasteiger partial charge in [0.2, 0.25) is 0 Å². The molecule has 2 aromatic rings. The van der Waals surface area contributed by atoms with Crippen LogP contribution in [0.3, 0.4) is 0 Å². The second kappa shape index (κ2) is 7.12. The summed E-state index contributed by atoms with van der Waals surface area (Å²) in [4.78, 5) is 0. The third kappa shape index (κ3) is 4.10. The van der Waals surface area contributed by atoms with Gasteiger partial charge in [-0.2, -0.15) is 0 Å². The molecule has 0 aliphatic heterocycles. The molecule has 2 N–H and O–H groups in total. The smallest absolute Gasteiger partial charge is 0.145 e. The lowest BCUT2D eigenvalue weighted by Crippen LogP contribution is -2.21. The van der Waals surface area contributed by atoms with Crippen molar-refractivity contribution >= 4 is 23.2 Å². The van der Waals surface area contributed by atoms with E-state index >= 15 is 0 Å². The first-order valence-electron chi connectivity index (χ1n) is 6.67. The summed E-state index contributed by atoms with van der Waals surface area (Å²) in [7, 11) is 0. The van der Waals surface area contributed by atoms with E-state index in [-0.39, 0.29) is 11.1 Å². The fraction of sp³-hybridized carbons (Fsp3) is 0.250. The molecule has 2 aromatic carbocycles. The summed E-state index contributed by atoms with van der Waals surface area (Å²) >= 11 is 11.9. The van der Waals surface area contributed by atoms with Crippen molar-refractivity contribution in [1.29, 1.82) is 0 Å². The van der Waals surface area contributed by atoms with Crippen molar-refractivity contribution in [3.05, 3.63) is 57.8 Å². The van der Waals surface area contributed by atoms with Crippen molar-refractivity contribution < 1.29 is 9.13 Å². The molecule has 1 unspecified atom stereocenters. The highest BCUT2D eigenvalue weighted by Gasteiger charge is 2.13. The molecule has 21 heavy (non-hydrogen) atoms. The lowest BCUT2D eigenvalue weighted by Gasteiger charge is -2.15. The summed E-state index contributed by atoms with van der Waals surface area (Å²) in [5.41, 5.74) is 6.81. The highest BCUT2D eigenvalue weighted by atomic mass is 35.5. The topological polar surface area (TPSA) is 35.2 Å². The zero-order valence-electron chi connectivity index (χ0n) is 11.6. The molecule has 2 rings (SSSR count). The van der Waals surface area contributed by atoms with Gasteiger partial charge in [0.25, 0.3) is 0 Å². The average Bonchev–Trinajstić information content (AvgIpc) is 2.46. The molecule has 112 valence electrons. The first kappa shape index (κ1) is 16.1. The summed E-state index contributed by atoms with van der Waals surface area (Å²) in [5.74, 6) is 0.418. The molecule has 0 aromatic heterocycles. The summed E-state index contributed by atoms with van der Waals surface area (Å²) < 4.78 is 19.2. The van der Waals surface area contributed by atoms with Crippen LogP contribution in [0.5, 0.6) is 11.5 Å². The molecule has 0 aliphatic rings. The Morgan fingerprint density at radius 3 is 2.62 bits per heavy atom. The standard InChI is InChI=1S/C16H16Cl2FNO/c1-2-10(20)8-12-13(17)4-3-5-16(12)21-11-6-7-14(18)15(19)9-11/h3-7,9-10H,2,8,20H2,1H3. The first-order valence-corrected chi connectivity index (χ1v) is 7.42. The maximum Gasteiger partial charge on any atom is 0.145 e. The number of rotatable bonds is 5. The summed E-state index contributed by atoms with van der Waals surface area (Å²) in [6, 6.07) is 9.65. The molecule has 0 spiro atoms. The highest BCUT2D eigenvalue weighted by molar-refractivity contribution is 6.31. The monoisotopic (exact) mass is 327 g/mol. The van der Waals surface area contributed by atoms with Crippen molar-refractivity contribution in [1.82, 2.24) is 0 Å². The number of nitrogens with two attached hydrogens (primary N) is 1. The summed E-state index contributed by atoms with van der Waals surface area (Å²) in [6.45, 7) is 2.01. The van der Waals surface area contributed by atoms with E-state index in [9.17, 15) is 4.39 Å². The van der Waals surface area contributed by atoms with Crippen LogP contribution >= 0.6 is 23.2 Å². The van der Waals surface area contributed by atoms with Crippen LogP contribution in [-0.2, 0) is 6.42 Å². The Labute approximate surface area is 133 Å². The van der Waals surface area contributed by atoms with E-state index in [4.69, 9.17) is 33.7 Å². The maximum absolute atomic E-state index is 13.5. The fourth-order valence-corrected chi connectivity index (χ4v) is 2.27. The van der Waals surface area contributed by atoms with E-state index in [2.05, 4.69) is 0 Å². The van der Waals surface area contributed by atoms with Gasteiger partial charge in [0, 0.05) is 22.7 Å². The van der Waals surface area contributed by atoms with Gasteiger partial charge in [-0.1, -0.05) is 36.2 Å². The molecule has 0 saturated heterocycles. The molecule has 0 saturated carbocycles. The Morgan fingerprint density at radius 2 is 1.95 bits per heavy atom. The van der Waals surface area contributed by atoms with Crippen LogP contribution < -0.4 is 10.5 Å². The van der Waals surface area contributed by atoms with E-state index in [1.165, 1.54) is 12.1 Å². The lowest BCUT2D eigenvalue weighted by molar-refractivity contribution is 0.467. The molecule has 0 fully saturated rings. The quantitative estimate of drug-likeness (QED) is 0.818. The average molecular weight is 328 g/mol. The second-order valence-corrected chi connectivity index (χ2v) is 5.58. The molecule has 0 amide bonds. The molecular weight excluding hydrogens is 312 g/mol. The van der Waals surface area contributed by atoms with Crippen LogP contribution in [0.1, 0.15) is 18.9 Å². The van der Waals surface area contributed by atoms with Crippen LogP contribution in [0, 0.1) is 5.82 Å². The van der Waals surface area contributed by atoms with Gasteiger partial charge in [-0.3, -0.25) is 0 Å². The van der Waals surface area contributed by atoms with Crippen molar-refractivity contribution in [3.63, 3.8) is 0 Å². The fourth-order valence-electron chi connectivity index (χ4n) is 1.91. The van der Waals surface area contributed by atoms with Crippen molar-refractivity contribution in [2.45, 2.75) is 25.8 Å². The first-order chi connectivity index (χ1) is 10.0. The van der Waals surface area contributed by atoms with Gasteiger partial charge in [-0.15, -0.1) is 0 Å². The number of hydrogen-bond acceptors (Lipinski definition) is 2. The minimum Gasteiger partial charge on any atom is -0.457 e. The highest BCUT2D eigenvalue weighted by Crippen LogP contribution is 2.32. The minimum atomic E-state index is -0.525. The maximum atomic E-state index is 13.5. The van der Waals surface area contributed by atoms with E-state index in [1.54, 1.807) is 24.3 Å². The number of halogens is 3. The van der Waals surface area contributed by atoms with Crippen molar-refractivity contribution in [2.75, 3.05) is 0 Å². The Bertz CT molecular complexity index is 634. The van der Waals surface area contributed by atoms with Gasteiger partial charge in [-0.05, 0) is 37.1 Å². The van der Waals surface area contributed by atoms with Crippen molar-refractivity contribution in [2.24, 2.45) is 5.73 Å². The van der Waals surface area contributed by atoms with Gasteiger partial charge in [-0.25, -0.2) is 4.39 Å². The van der Waals surface area contributed by atoms with Gasteiger partial charge in [0.1, 0.15) is 17.3 Å². The van der Waals surface area contributed by atoms with E-state index < -0.39 is 5.82 Å². The third-order valence-corrected chi connectivity index (χ3v) is 3.85. The van der Waals surface area contributed by atoms with E-state index in [0.717, 1.165) is 12.0 Å². The van der Waals surface area contributed by atoms with Crippen LogP contribution in [0.2, 0.25) is 10.0 Å². The zero-order valence-corrected chi connectivity index (χ0v) is 13.1. The number of hydrogen-bond donors (Lipinski definition) is 1. The lowest BCUT2D eigenvalue weighted by atomic mass is 10.0. The zero-order chi connectivity index (χ0) is 15.4. The van der Waals surface area contributed by atoms with Crippen LogP contribution in [-0.4, -0.2) is 6.04 Å². The summed E-state index contributed by atoms with van der Waals surface area (Å²) in [6.07, 6.45) is 1.43. The van der Waals surface area contributed by atoms with Crippen LogP contribution in [0.25, 0.3) is 0 Å². The number of benzene rings is 2. The van der Waals surface area contributed by atoms with Crippen molar-refractivity contribution in [3.8, 4) is 11.5 Å². The predicted octanol–water partition coefficient (Wildman–Crippen LogP) is 5.20. The van der Waals surface area contributed by atoms with E-state index in [1.807, 2.05) is 6.92 Å². The molecule has 1 atom stereocenters. The van der Waals surface area contributed by atoms with Gasteiger partial charge < -0.3 is 10.5 Å². The molecule has 0 aliphatic carbocycles. The summed E-state index contributed by atoms with van der Waals surface area (Å²) in [5, 5.41) is 0.646. The molecule has 0 bridgehead atoms. The Kier molecular flexibility index (Phi) is 5.45. The Balaban J connectivity index is 2.30. The molecule has 0 radical (unpaired) electrons. The van der Waals surface area contributed by atoms with Gasteiger partial charge in [0.05, 0.1) is 5.02 Å². The molecule has 5 heteroatoms. The third-order valence-electron chi connectivity index (χ3n) is 3.19. The molecule has 0 heterocycles. The SMILES string of the molecule is CCC(N)Cc1c(Cl)cccc1Oc1ccc(Cl)c(F)c1. The van der Waals surface area contributed by atoms with Gasteiger partial charge in [0.15, 0.2) is 0 Å². The molecule has 2 nitrogen and oxygen atoms in total. The van der Waals surface area contributed by atoms with E-state index in [0.29, 0.717) is 22.9 Å². The number of ether oxygens (including phenoxy) is 1. The largest absolute Gasteiger partial charge is 0.457 e. The minimum absolute atomic E-state index is 0.00537. The predicted molar refractivity (Wildman–Crippen MR) is 84.9 cm³/mol. The van der Waals surface area contributed by atoms with Crippen LogP contribution in [0.4, 0.5) is 4.39 Å². The Hall–Kier alpha value is -1.29. The molecular formula is C16H16Cl2FNO. The van der Waals surface area contributed by atoms with Crippen LogP contribution in [0.15, 0.2) is 36.4 Å².